The van der Waals surface area contributed by atoms with Crippen molar-refractivity contribution in [1.82, 2.24) is 21.3 Å². The highest BCUT2D eigenvalue weighted by atomic mass is 31.2. The topological polar surface area (TPSA) is 363 Å². The molecule has 2 heterocycles. The molecule has 1 unspecified atom stereocenters. The fraction of sp³-hybridized carbons (Fsp3) is 0.842. The van der Waals surface area contributed by atoms with Crippen molar-refractivity contribution in [3.05, 3.63) is 0 Å². The average molecular weight is 947 g/mol. The van der Waals surface area contributed by atoms with E-state index >= 15 is 0 Å². The molecular weight excluding hydrogens is 879 g/mol. The second kappa shape index (κ2) is 27.9. The van der Waals surface area contributed by atoms with E-state index in [9.17, 15) is 64.0 Å². The van der Waals surface area contributed by atoms with Crippen molar-refractivity contribution < 1.29 is 101 Å². The Bertz CT molecular complexity index is 1460. The van der Waals surface area contributed by atoms with Crippen LogP contribution in [0.3, 0.4) is 0 Å². The number of hydrogen-bond acceptors (Lipinski definition) is 21. The smallest absolute Gasteiger partial charge is 0.407 e. The van der Waals surface area contributed by atoms with E-state index in [1.807, 2.05) is 0 Å². The summed E-state index contributed by atoms with van der Waals surface area (Å²) in [6.07, 6.45) is -12.7. The van der Waals surface area contributed by atoms with Gasteiger partial charge in [0.25, 0.3) is 0 Å². The van der Waals surface area contributed by atoms with Crippen molar-refractivity contribution in [2.24, 2.45) is 0 Å². The van der Waals surface area contributed by atoms with Gasteiger partial charge >= 0.3 is 19.8 Å². The molecule has 2 fully saturated rings. The number of ether oxygens (including phenoxy) is 6. The third kappa shape index (κ3) is 21.3. The van der Waals surface area contributed by atoms with Gasteiger partial charge in [-0.15, -0.1) is 0 Å². The van der Waals surface area contributed by atoms with E-state index < -0.39 is 144 Å². The molecule has 0 saturated carbocycles. The van der Waals surface area contributed by atoms with Crippen molar-refractivity contribution in [1.29, 1.82) is 0 Å². The molecule has 2 saturated heterocycles. The van der Waals surface area contributed by atoms with Crippen LogP contribution in [-0.4, -0.2) is 199 Å². The molecule has 370 valence electrons. The van der Waals surface area contributed by atoms with Gasteiger partial charge in [0.05, 0.1) is 31.9 Å². The number of unbranched alkanes of at least 4 members (excludes halogenated alkanes) is 2. The van der Waals surface area contributed by atoms with Gasteiger partial charge < -0.3 is 84.9 Å². The van der Waals surface area contributed by atoms with Gasteiger partial charge in [0.1, 0.15) is 68.0 Å². The van der Waals surface area contributed by atoms with Crippen LogP contribution in [0.25, 0.3) is 0 Å². The highest BCUT2D eigenvalue weighted by Gasteiger charge is 2.46. The van der Waals surface area contributed by atoms with Gasteiger partial charge in [-0.2, -0.15) is 0 Å². The summed E-state index contributed by atoms with van der Waals surface area (Å²) < 4.78 is 56.6. The molecule has 0 spiro atoms. The van der Waals surface area contributed by atoms with Crippen molar-refractivity contribution in [2.45, 2.75) is 146 Å². The Labute approximate surface area is 371 Å². The summed E-state index contributed by atoms with van der Waals surface area (Å²) in [5.74, 6) is -1.77. The number of rotatable bonds is 27. The highest BCUT2D eigenvalue weighted by Crippen LogP contribution is 2.48. The molecular formula is C38H67N4O21P. The minimum absolute atomic E-state index is 0.0155. The lowest BCUT2D eigenvalue weighted by Gasteiger charge is -2.42. The number of nitrogens with one attached hydrogen (secondary N) is 4. The van der Waals surface area contributed by atoms with Crippen molar-refractivity contribution in [3.8, 4) is 0 Å². The Morgan fingerprint density at radius 2 is 1.05 bits per heavy atom. The van der Waals surface area contributed by atoms with E-state index in [2.05, 4.69) is 21.3 Å². The molecule has 10 N–H and O–H groups in total. The number of ketones is 2. The lowest BCUT2D eigenvalue weighted by atomic mass is 9.97. The standard InChI is InChI=1S/C38H67N4O21P/c1-21(45)41-28-32(51)30(49)26(17-43)60-34(28)56-13-9-7-11-23(47)15-39-36(53)58-19-25(62-64(6,55)63-38(3,4)5)20-59-37(54)40-16-24(48)12-8-10-14-57-35-29(42-22(2)46)33(52)31(50)27(18-44)61-35/h25-35,43-44,49-52H,7-20H2,1-6H3,(H,39,53)(H,40,54)(H,41,45)(H,42,46)/t26-,27-,28-,29-,30+,31+,32-,33-,34-,35-,64?/m1/s1. The summed E-state index contributed by atoms with van der Waals surface area (Å²) in [4.78, 5) is 73.0. The highest BCUT2D eigenvalue weighted by molar-refractivity contribution is 7.53. The predicted octanol–water partition coefficient (Wildman–Crippen LogP) is -2.14. The van der Waals surface area contributed by atoms with E-state index in [0.29, 0.717) is 25.7 Å². The maximum atomic E-state index is 13.1. The van der Waals surface area contributed by atoms with E-state index in [1.165, 1.54) is 20.5 Å². The number of aliphatic hydroxyl groups is 6. The number of carbonyl (C=O) groups is 6. The van der Waals surface area contributed by atoms with E-state index in [1.54, 1.807) is 20.8 Å². The molecule has 26 heteroatoms. The zero-order valence-electron chi connectivity index (χ0n) is 37.0. The average Bonchev–Trinajstić information content (AvgIpc) is 3.20. The Morgan fingerprint density at radius 3 is 1.39 bits per heavy atom. The Balaban J connectivity index is 1.76. The molecule has 2 aliphatic heterocycles. The van der Waals surface area contributed by atoms with Gasteiger partial charge in [-0.3, -0.25) is 28.3 Å². The Morgan fingerprint density at radius 1 is 0.656 bits per heavy atom. The SMILES string of the molecule is CC(=O)N[C@H]1[C@H](OCCCCC(=O)CNC(=O)OCC(COC(=O)NCC(=O)CCCCO[C@@H]2O[C@H](CO)[C@H](O)[C@H](O)[C@H]2NC(C)=O)OP(C)(=O)OC(C)(C)C)O[C@H](CO)[C@H](O)[C@@H]1O. The van der Waals surface area contributed by atoms with Crippen molar-refractivity contribution >= 4 is 43.2 Å². The second-order valence-electron chi connectivity index (χ2n) is 16.2. The van der Waals surface area contributed by atoms with Gasteiger partial charge in [0, 0.05) is 46.6 Å². The molecule has 2 aliphatic rings. The van der Waals surface area contributed by atoms with E-state index in [-0.39, 0.29) is 37.6 Å². The van der Waals surface area contributed by atoms with Crippen LogP contribution >= 0.6 is 7.60 Å². The summed E-state index contributed by atoms with van der Waals surface area (Å²) in [6.45, 7) is 5.27. The van der Waals surface area contributed by atoms with Crippen LogP contribution in [0.2, 0.25) is 0 Å². The summed E-state index contributed by atoms with van der Waals surface area (Å²) in [5, 5.41) is 69.3. The van der Waals surface area contributed by atoms with Crippen LogP contribution in [0.1, 0.15) is 73.1 Å². The van der Waals surface area contributed by atoms with Gasteiger partial charge in [-0.1, -0.05) is 0 Å². The number of hydrogen-bond donors (Lipinski definition) is 10. The van der Waals surface area contributed by atoms with Crippen LogP contribution in [0.5, 0.6) is 0 Å². The van der Waals surface area contributed by atoms with Crippen molar-refractivity contribution in [2.75, 3.05) is 59.4 Å². The first-order valence-electron chi connectivity index (χ1n) is 20.8. The molecule has 11 atom stereocenters. The summed E-state index contributed by atoms with van der Waals surface area (Å²) in [7, 11) is -3.82. The van der Waals surface area contributed by atoms with Crippen LogP contribution < -0.4 is 21.3 Å². The van der Waals surface area contributed by atoms with E-state index in [0.717, 1.165) is 0 Å². The fourth-order valence-corrected chi connectivity index (χ4v) is 8.03. The van der Waals surface area contributed by atoms with Gasteiger partial charge in [-0.25, -0.2) is 9.59 Å². The number of alkyl carbamates (subject to hydrolysis) is 2. The lowest BCUT2D eigenvalue weighted by molar-refractivity contribution is -0.270. The summed E-state index contributed by atoms with van der Waals surface area (Å²) in [6, 6.07) is -2.22. The van der Waals surface area contributed by atoms with Crippen molar-refractivity contribution in [3.63, 3.8) is 0 Å². The molecule has 0 aromatic rings. The molecule has 0 aromatic carbocycles. The fourth-order valence-electron chi connectivity index (χ4n) is 6.33. The molecule has 64 heavy (non-hydrogen) atoms. The first-order chi connectivity index (χ1) is 30.0. The quantitative estimate of drug-likeness (QED) is 0.0310. The zero-order chi connectivity index (χ0) is 48.2. The maximum Gasteiger partial charge on any atom is 0.407 e. The molecule has 0 aliphatic carbocycles. The first-order valence-corrected chi connectivity index (χ1v) is 22.8. The van der Waals surface area contributed by atoms with Crippen LogP contribution in [0.15, 0.2) is 0 Å². The van der Waals surface area contributed by atoms with Crippen LogP contribution in [0, 0.1) is 0 Å². The monoisotopic (exact) mass is 946 g/mol. The third-order valence-corrected chi connectivity index (χ3v) is 10.8. The Kier molecular flexibility index (Phi) is 24.7. The normalized spacial score (nSPS) is 26.9. The molecule has 0 bridgehead atoms. The predicted molar refractivity (Wildman–Crippen MR) is 218 cm³/mol. The molecule has 25 nitrogen and oxygen atoms in total. The third-order valence-electron chi connectivity index (χ3n) is 9.21. The molecule has 2 rings (SSSR count). The number of Topliss-reactive ketones (excluding diaryl/α,β-unsaturated/α-hetero) is 2. The van der Waals surface area contributed by atoms with E-state index in [4.69, 9.17) is 37.5 Å². The minimum Gasteiger partial charge on any atom is -0.447 e. The molecule has 0 aromatic heterocycles. The van der Waals surface area contributed by atoms with Crippen LogP contribution in [-0.2, 0) is 61.2 Å². The molecule has 0 radical (unpaired) electrons. The number of amides is 4. The number of carbonyl (C=O) groups excluding carboxylic acids is 6. The Hall–Kier alpha value is -3.43. The second-order valence-corrected chi connectivity index (χ2v) is 18.1. The summed E-state index contributed by atoms with van der Waals surface area (Å²) >= 11 is 0. The molecule has 4 amide bonds. The summed E-state index contributed by atoms with van der Waals surface area (Å²) in [5.41, 5.74) is -0.911. The maximum absolute atomic E-state index is 13.1. The largest absolute Gasteiger partial charge is 0.447 e. The first kappa shape index (κ1) is 56.7. The lowest BCUT2D eigenvalue weighted by Crippen LogP contribution is -2.64. The van der Waals surface area contributed by atoms with Gasteiger partial charge in [0.15, 0.2) is 24.1 Å². The zero-order valence-corrected chi connectivity index (χ0v) is 37.9. The van der Waals surface area contributed by atoms with Crippen LogP contribution in [0.4, 0.5) is 9.59 Å². The number of aliphatic hydroxyl groups excluding tert-OH is 6. The minimum atomic E-state index is -3.82. The van der Waals surface area contributed by atoms with Gasteiger partial charge in [-0.05, 0) is 46.5 Å². The van der Waals surface area contributed by atoms with Gasteiger partial charge in [0.2, 0.25) is 11.8 Å².